The van der Waals surface area contributed by atoms with Crippen molar-refractivity contribution in [2.24, 2.45) is 0 Å². The third-order valence-electron chi connectivity index (χ3n) is 4.25. The zero-order chi connectivity index (χ0) is 20.1. The Morgan fingerprint density at radius 3 is 2.71 bits per heavy atom. The van der Waals surface area contributed by atoms with Crippen molar-refractivity contribution in [1.82, 2.24) is 19.9 Å². The van der Waals surface area contributed by atoms with E-state index in [2.05, 4.69) is 27.9 Å². The van der Waals surface area contributed by atoms with E-state index in [0.29, 0.717) is 26.3 Å². The Labute approximate surface area is 165 Å². The van der Waals surface area contributed by atoms with E-state index in [1.165, 1.54) is 0 Å². The quantitative estimate of drug-likeness (QED) is 0.629. The molecule has 0 saturated carbocycles. The molecular formula is C21H28N4O3. The maximum Gasteiger partial charge on any atom is 0.407 e. The zero-order valence-corrected chi connectivity index (χ0v) is 17.0. The lowest BCUT2D eigenvalue weighted by Crippen LogP contribution is -2.34. The molecule has 2 aromatic heterocycles. The summed E-state index contributed by atoms with van der Waals surface area (Å²) in [5, 5.41) is 3.79. The van der Waals surface area contributed by atoms with Crippen molar-refractivity contribution >= 4 is 28.0 Å². The Kier molecular flexibility index (Phi) is 6.14. The molecule has 3 rings (SSSR count). The van der Waals surface area contributed by atoms with E-state index in [0.717, 1.165) is 34.2 Å². The number of rotatable bonds is 7. The molecule has 3 aromatic rings. The summed E-state index contributed by atoms with van der Waals surface area (Å²) >= 11 is 0. The number of fused-ring (bicyclic) bond motifs is 3. The van der Waals surface area contributed by atoms with E-state index in [9.17, 15) is 4.79 Å². The van der Waals surface area contributed by atoms with Gasteiger partial charge in [-0.15, -0.1) is 0 Å². The molecule has 0 saturated heterocycles. The van der Waals surface area contributed by atoms with E-state index in [-0.39, 0.29) is 0 Å². The van der Waals surface area contributed by atoms with E-state index >= 15 is 0 Å². The Morgan fingerprint density at radius 1 is 1.18 bits per heavy atom. The van der Waals surface area contributed by atoms with Crippen LogP contribution in [0.5, 0.6) is 0 Å². The summed E-state index contributed by atoms with van der Waals surface area (Å²) < 4.78 is 13.1. The summed E-state index contributed by atoms with van der Waals surface area (Å²) in [6.07, 6.45) is 2.24. The number of alkyl carbamates (subject to hydrolysis) is 1. The number of ether oxygens (including phenoxy) is 2. The topological polar surface area (TPSA) is 78.3 Å². The molecule has 2 heterocycles. The van der Waals surface area contributed by atoms with Crippen molar-refractivity contribution < 1.29 is 14.3 Å². The molecule has 1 amide bonds. The van der Waals surface area contributed by atoms with E-state index in [1.807, 2.05) is 45.2 Å². The first kappa shape index (κ1) is 20.1. The number of para-hydroxylation sites is 1. The minimum Gasteiger partial charge on any atom is -0.444 e. The molecule has 7 heteroatoms. The molecule has 0 radical (unpaired) electrons. The lowest BCUT2D eigenvalue weighted by Gasteiger charge is -2.19. The molecule has 0 bridgehead atoms. The van der Waals surface area contributed by atoms with Crippen LogP contribution in [0.15, 0.2) is 30.5 Å². The summed E-state index contributed by atoms with van der Waals surface area (Å²) in [6, 6.07) is 8.10. The number of hydrogen-bond donors (Lipinski definition) is 1. The fraction of sp³-hybridized carbons (Fsp3) is 0.476. The van der Waals surface area contributed by atoms with Crippen LogP contribution < -0.4 is 5.32 Å². The van der Waals surface area contributed by atoms with Crippen molar-refractivity contribution in [2.75, 3.05) is 19.8 Å². The maximum absolute atomic E-state index is 11.6. The van der Waals surface area contributed by atoms with Gasteiger partial charge in [-0.2, -0.15) is 0 Å². The van der Waals surface area contributed by atoms with Gasteiger partial charge in [0.05, 0.1) is 30.4 Å². The summed E-state index contributed by atoms with van der Waals surface area (Å²) in [6.45, 7) is 9.67. The van der Waals surface area contributed by atoms with Crippen molar-refractivity contribution in [3.63, 3.8) is 0 Å². The highest BCUT2D eigenvalue weighted by atomic mass is 16.6. The third-order valence-corrected chi connectivity index (χ3v) is 4.25. The highest BCUT2D eigenvalue weighted by molar-refractivity contribution is 6.02. The molecule has 150 valence electrons. The Bertz CT molecular complexity index is 959. The highest BCUT2D eigenvalue weighted by Crippen LogP contribution is 2.24. The van der Waals surface area contributed by atoms with Crippen molar-refractivity contribution in [1.29, 1.82) is 0 Å². The normalized spacial score (nSPS) is 11.9. The van der Waals surface area contributed by atoms with Crippen LogP contribution in [0, 0.1) is 0 Å². The number of carbonyl (C=O) groups is 1. The van der Waals surface area contributed by atoms with Crippen molar-refractivity contribution in [3.05, 3.63) is 36.3 Å². The number of nitrogens with one attached hydrogen (secondary N) is 1. The maximum atomic E-state index is 11.6. The number of hydrogen-bond acceptors (Lipinski definition) is 5. The van der Waals surface area contributed by atoms with Gasteiger partial charge in [0.25, 0.3) is 0 Å². The fourth-order valence-corrected chi connectivity index (χ4v) is 3.12. The number of pyridine rings is 1. The fourth-order valence-electron chi connectivity index (χ4n) is 3.12. The number of carbonyl (C=O) groups excluding carboxylic acids is 1. The van der Waals surface area contributed by atoms with Gasteiger partial charge in [0.1, 0.15) is 16.9 Å². The summed E-state index contributed by atoms with van der Waals surface area (Å²) in [5.41, 5.74) is 2.46. The van der Waals surface area contributed by atoms with Gasteiger partial charge in [0.15, 0.2) is 0 Å². The summed E-state index contributed by atoms with van der Waals surface area (Å²) in [5.74, 6) is 1.02. The molecule has 7 nitrogen and oxygen atoms in total. The zero-order valence-electron chi connectivity index (χ0n) is 17.0. The lowest BCUT2D eigenvalue weighted by atomic mass is 10.2. The predicted molar refractivity (Wildman–Crippen MR) is 109 cm³/mol. The largest absolute Gasteiger partial charge is 0.444 e. The molecule has 0 spiro atoms. The van der Waals surface area contributed by atoms with Gasteiger partial charge in [-0.3, -0.25) is 4.98 Å². The molecule has 0 fully saturated rings. The number of nitrogens with zero attached hydrogens (tertiary/aromatic N) is 3. The van der Waals surface area contributed by atoms with Gasteiger partial charge in [-0.1, -0.05) is 25.1 Å². The van der Waals surface area contributed by atoms with Gasteiger partial charge >= 0.3 is 6.09 Å². The van der Waals surface area contributed by atoms with Crippen molar-refractivity contribution in [2.45, 2.75) is 46.3 Å². The van der Waals surface area contributed by atoms with Gasteiger partial charge in [-0.05, 0) is 26.8 Å². The van der Waals surface area contributed by atoms with Gasteiger partial charge in [0.2, 0.25) is 0 Å². The molecule has 28 heavy (non-hydrogen) atoms. The average molecular weight is 384 g/mol. The monoisotopic (exact) mass is 384 g/mol. The Balaban J connectivity index is 1.60. The van der Waals surface area contributed by atoms with Gasteiger partial charge in [-0.25, -0.2) is 9.78 Å². The summed E-state index contributed by atoms with van der Waals surface area (Å²) in [7, 11) is 0. The van der Waals surface area contributed by atoms with Crippen LogP contribution >= 0.6 is 0 Å². The third kappa shape index (κ3) is 4.78. The predicted octanol–water partition coefficient (Wildman–Crippen LogP) is 3.69. The Morgan fingerprint density at radius 2 is 1.96 bits per heavy atom. The van der Waals surface area contributed by atoms with E-state index in [4.69, 9.17) is 14.5 Å². The molecule has 0 aliphatic heterocycles. The second-order valence-electron chi connectivity index (χ2n) is 7.58. The second-order valence-corrected chi connectivity index (χ2v) is 7.58. The number of imidazole rings is 1. The first-order chi connectivity index (χ1) is 13.4. The molecule has 0 aliphatic carbocycles. The van der Waals surface area contributed by atoms with E-state index in [1.54, 1.807) is 0 Å². The number of amides is 1. The van der Waals surface area contributed by atoms with Gasteiger partial charge in [0, 0.05) is 24.9 Å². The van der Waals surface area contributed by atoms with E-state index < -0.39 is 11.7 Å². The number of benzene rings is 1. The summed E-state index contributed by atoms with van der Waals surface area (Å²) in [4.78, 5) is 20.9. The smallest absolute Gasteiger partial charge is 0.407 e. The average Bonchev–Trinajstić information content (AvgIpc) is 3.01. The first-order valence-corrected chi connectivity index (χ1v) is 9.66. The second kappa shape index (κ2) is 8.56. The molecule has 0 atom stereocenters. The Hall–Kier alpha value is -2.67. The number of aromatic nitrogens is 3. The number of aryl methyl sites for hydroxylation is 1. The van der Waals surface area contributed by atoms with Crippen LogP contribution in [0.2, 0.25) is 0 Å². The molecule has 1 aromatic carbocycles. The highest BCUT2D eigenvalue weighted by Gasteiger charge is 2.15. The molecular weight excluding hydrogens is 356 g/mol. The standard InChI is InChI=1S/C21H28N4O3/c1-5-18-24-17-14-23-16-9-7-6-8-15(16)19(17)25(18)11-13-27-12-10-22-20(26)28-21(2,3)4/h6-9,14H,5,10-13H2,1-4H3,(H,22,26). The van der Waals surface area contributed by atoms with Crippen LogP contribution in [0.4, 0.5) is 4.79 Å². The first-order valence-electron chi connectivity index (χ1n) is 9.66. The minimum atomic E-state index is -0.498. The molecule has 0 aliphatic rings. The van der Waals surface area contributed by atoms with Crippen LogP contribution in [0.25, 0.3) is 21.9 Å². The van der Waals surface area contributed by atoms with Crippen LogP contribution in [0.1, 0.15) is 33.5 Å². The van der Waals surface area contributed by atoms with Crippen molar-refractivity contribution in [3.8, 4) is 0 Å². The van der Waals surface area contributed by atoms with Gasteiger partial charge < -0.3 is 19.4 Å². The lowest BCUT2D eigenvalue weighted by molar-refractivity contribution is 0.0497. The van der Waals surface area contributed by atoms with Crippen LogP contribution in [-0.4, -0.2) is 46.0 Å². The minimum absolute atomic E-state index is 0.410. The molecule has 0 unspecified atom stereocenters. The molecule has 1 N–H and O–H groups in total. The van der Waals surface area contributed by atoms with Crippen LogP contribution in [0.3, 0.4) is 0 Å². The SMILES string of the molecule is CCc1nc2cnc3ccccc3c2n1CCOCCNC(=O)OC(C)(C)C. The van der Waals surface area contributed by atoms with Crippen LogP contribution in [-0.2, 0) is 22.4 Å².